The third kappa shape index (κ3) is 2.89. The Morgan fingerprint density at radius 1 is 1.43 bits per heavy atom. The molecular weight excluding hydrogens is 268 g/mol. The Kier molecular flexibility index (Phi) is 4.12. The summed E-state index contributed by atoms with van der Waals surface area (Å²) in [5.74, 6) is 0.156. The number of nitrogens with zero attached hydrogens (tertiary/aromatic N) is 1. The third-order valence-corrected chi connectivity index (χ3v) is 4.65. The number of carboxylic acids is 1. The first-order valence-corrected chi connectivity index (χ1v) is 7.54. The van der Waals surface area contributed by atoms with Crippen molar-refractivity contribution in [3.63, 3.8) is 0 Å². The highest BCUT2D eigenvalue weighted by atomic mass is 16.5. The summed E-state index contributed by atoms with van der Waals surface area (Å²) < 4.78 is 5.30. The van der Waals surface area contributed by atoms with Crippen LogP contribution in [0.1, 0.15) is 17.5 Å². The number of hydrogen-bond donors (Lipinski definition) is 2. The summed E-state index contributed by atoms with van der Waals surface area (Å²) in [6.45, 7) is 2.21. The van der Waals surface area contributed by atoms with E-state index in [1.165, 1.54) is 11.1 Å². The lowest BCUT2D eigenvalue weighted by Crippen LogP contribution is -2.59. The van der Waals surface area contributed by atoms with Crippen molar-refractivity contribution in [1.82, 2.24) is 10.2 Å². The lowest BCUT2D eigenvalue weighted by atomic mass is 9.86. The fraction of sp³-hybridized carbons (Fsp3) is 0.562. The van der Waals surface area contributed by atoms with Gasteiger partial charge in [0, 0.05) is 25.7 Å². The van der Waals surface area contributed by atoms with Gasteiger partial charge in [-0.1, -0.05) is 6.07 Å². The molecule has 2 unspecified atom stereocenters. The molecule has 3 rings (SSSR count). The molecule has 1 heterocycles. The van der Waals surface area contributed by atoms with Crippen LogP contribution in [0.3, 0.4) is 0 Å². The minimum absolute atomic E-state index is 0.313. The van der Waals surface area contributed by atoms with Crippen molar-refractivity contribution in [3.8, 4) is 5.75 Å². The summed E-state index contributed by atoms with van der Waals surface area (Å²) in [4.78, 5) is 13.6. The molecule has 2 N–H and O–H groups in total. The van der Waals surface area contributed by atoms with Crippen LogP contribution in [-0.2, 0) is 17.6 Å². The molecule has 0 aromatic heterocycles. The Morgan fingerprint density at radius 3 is 3.05 bits per heavy atom. The van der Waals surface area contributed by atoms with E-state index in [-0.39, 0.29) is 0 Å². The summed E-state index contributed by atoms with van der Waals surface area (Å²) in [6, 6.07) is 6.14. The molecule has 2 aliphatic rings. The Labute approximate surface area is 124 Å². The second-order valence-corrected chi connectivity index (χ2v) is 5.83. The first kappa shape index (κ1) is 14.4. The Bertz CT molecular complexity index is 532. The van der Waals surface area contributed by atoms with Gasteiger partial charge in [0.25, 0.3) is 0 Å². The maximum absolute atomic E-state index is 11.5. The molecule has 5 nitrogen and oxygen atoms in total. The fourth-order valence-corrected chi connectivity index (χ4v) is 3.51. The second-order valence-electron chi connectivity index (χ2n) is 5.83. The average Bonchev–Trinajstić information content (AvgIpc) is 2.53. The molecule has 1 fully saturated rings. The van der Waals surface area contributed by atoms with E-state index in [4.69, 9.17) is 4.74 Å². The number of rotatable bonds is 3. The Hall–Kier alpha value is -1.59. The van der Waals surface area contributed by atoms with Crippen LogP contribution in [0.15, 0.2) is 18.2 Å². The smallest absolute Gasteiger partial charge is 0.322 e. The highest BCUT2D eigenvalue weighted by Crippen LogP contribution is 2.29. The molecule has 2 atom stereocenters. The normalized spacial score (nSPS) is 26.1. The first-order valence-electron chi connectivity index (χ1n) is 7.54. The summed E-state index contributed by atoms with van der Waals surface area (Å²) in [7, 11) is 1.68. The van der Waals surface area contributed by atoms with Gasteiger partial charge in [-0.25, -0.2) is 0 Å². The van der Waals surface area contributed by atoms with Crippen molar-refractivity contribution in [2.75, 3.05) is 26.7 Å². The number of benzene rings is 1. The first-order chi connectivity index (χ1) is 10.2. The monoisotopic (exact) mass is 290 g/mol. The van der Waals surface area contributed by atoms with Gasteiger partial charge in [0.1, 0.15) is 11.8 Å². The molecule has 1 aromatic carbocycles. The predicted octanol–water partition coefficient (Wildman–Crippen LogP) is 0.911. The van der Waals surface area contributed by atoms with E-state index in [0.29, 0.717) is 12.6 Å². The maximum atomic E-state index is 11.5. The quantitative estimate of drug-likeness (QED) is 0.866. The minimum atomic E-state index is -0.723. The van der Waals surface area contributed by atoms with Crippen LogP contribution in [0.25, 0.3) is 0 Å². The molecule has 114 valence electrons. The topological polar surface area (TPSA) is 61.8 Å². The summed E-state index contributed by atoms with van der Waals surface area (Å²) >= 11 is 0. The van der Waals surface area contributed by atoms with Crippen LogP contribution in [-0.4, -0.2) is 54.8 Å². The van der Waals surface area contributed by atoms with E-state index in [9.17, 15) is 9.90 Å². The molecule has 1 aliphatic heterocycles. The number of carbonyl (C=O) groups is 1. The van der Waals surface area contributed by atoms with E-state index in [1.54, 1.807) is 7.11 Å². The Morgan fingerprint density at radius 2 is 2.29 bits per heavy atom. The zero-order chi connectivity index (χ0) is 14.8. The highest BCUT2D eigenvalue weighted by molar-refractivity contribution is 5.74. The van der Waals surface area contributed by atoms with Crippen LogP contribution in [0.2, 0.25) is 0 Å². The van der Waals surface area contributed by atoms with Gasteiger partial charge in [0.15, 0.2) is 0 Å². The number of fused-ring (bicyclic) bond motifs is 1. The molecule has 1 saturated heterocycles. The number of hydrogen-bond acceptors (Lipinski definition) is 4. The van der Waals surface area contributed by atoms with Crippen molar-refractivity contribution in [2.45, 2.75) is 31.3 Å². The fourth-order valence-electron chi connectivity index (χ4n) is 3.51. The molecule has 1 aliphatic carbocycles. The van der Waals surface area contributed by atoms with Crippen LogP contribution in [0.4, 0.5) is 0 Å². The van der Waals surface area contributed by atoms with Gasteiger partial charge in [-0.3, -0.25) is 9.69 Å². The maximum Gasteiger partial charge on any atom is 0.322 e. The van der Waals surface area contributed by atoms with Crippen molar-refractivity contribution in [2.24, 2.45) is 0 Å². The van der Waals surface area contributed by atoms with Crippen molar-refractivity contribution < 1.29 is 14.6 Å². The van der Waals surface area contributed by atoms with E-state index in [1.807, 2.05) is 6.07 Å². The lowest BCUT2D eigenvalue weighted by molar-refractivity contribution is -0.145. The number of carboxylic acid groups (broad SMARTS) is 1. The van der Waals surface area contributed by atoms with Crippen molar-refractivity contribution in [3.05, 3.63) is 29.3 Å². The van der Waals surface area contributed by atoms with Crippen molar-refractivity contribution in [1.29, 1.82) is 0 Å². The molecular formula is C16H22N2O3. The number of piperazine rings is 1. The SMILES string of the molecule is COc1ccc2c(c1)CC(N1CCNCC1C(=O)O)CC2. The van der Waals surface area contributed by atoms with Crippen LogP contribution in [0.5, 0.6) is 5.75 Å². The van der Waals surface area contributed by atoms with E-state index in [2.05, 4.69) is 22.3 Å². The number of ether oxygens (including phenoxy) is 1. The van der Waals surface area contributed by atoms with E-state index in [0.717, 1.165) is 38.1 Å². The van der Waals surface area contributed by atoms with Gasteiger partial charge in [-0.05, 0) is 42.5 Å². The number of methoxy groups -OCH3 is 1. The van der Waals surface area contributed by atoms with Crippen LogP contribution < -0.4 is 10.1 Å². The average molecular weight is 290 g/mol. The van der Waals surface area contributed by atoms with E-state index < -0.39 is 12.0 Å². The molecule has 0 saturated carbocycles. The number of nitrogens with one attached hydrogen (secondary N) is 1. The van der Waals surface area contributed by atoms with Gasteiger partial charge in [0.2, 0.25) is 0 Å². The van der Waals surface area contributed by atoms with Gasteiger partial charge in [-0.2, -0.15) is 0 Å². The van der Waals surface area contributed by atoms with Crippen LogP contribution in [0, 0.1) is 0 Å². The molecule has 1 aromatic rings. The molecule has 0 radical (unpaired) electrons. The molecule has 5 heteroatoms. The standard InChI is InChI=1S/C16H22N2O3/c1-21-14-5-3-11-2-4-13(8-12(11)9-14)18-7-6-17-10-15(18)16(19)20/h3,5,9,13,15,17H,2,4,6-8,10H2,1H3,(H,19,20). The summed E-state index contributed by atoms with van der Waals surface area (Å²) in [5, 5.41) is 12.6. The molecule has 0 spiro atoms. The molecule has 0 bridgehead atoms. The second kappa shape index (κ2) is 6.03. The zero-order valence-corrected chi connectivity index (χ0v) is 12.3. The summed E-state index contributed by atoms with van der Waals surface area (Å²) in [5.41, 5.74) is 2.67. The summed E-state index contributed by atoms with van der Waals surface area (Å²) in [6.07, 6.45) is 2.96. The molecule has 0 amide bonds. The van der Waals surface area contributed by atoms with Gasteiger partial charge in [0.05, 0.1) is 7.11 Å². The lowest BCUT2D eigenvalue weighted by Gasteiger charge is -2.41. The zero-order valence-electron chi connectivity index (χ0n) is 12.3. The predicted molar refractivity (Wildman–Crippen MR) is 79.8 cm³/mol. The third-order valence-electron chi connectivity index (χ3n) is 4.65. The Balaban J connectivity index is 1.79. The van der Waals surface area contributed by atoms with Crippen LogP contribution >= 0.6 is 0 Å². The van der Waals surface area contributed by atoms with E-state index >= 15 is 0 Å². The minimum Gasteiger partial charge on any atom is -0.497 e. The van der Waals surface area contributed by atoms with Gasteiger partial charge >= 0.3 is 5.97 Å². The van der Waals surface area contributed by atoms with Gasteiger partial charge in [-0.15, -0.1) is 0 Å². The van der Waals surface area contributed by atoms with Gasteiger partial charge < -0.3 is 15.2 Å². The van der Waals surface area contributed by atoms with Crippen molar-refractivity contribution >= 4 is 5.97 Å². The highest BCUT2D eigenvalue weighted by Gasteiger charge is 2.34. The molecule has 21 heavy (non-hydrogen) atoms. The largest absolute Gasteiger partial charge is 0.497 e. The number of aliphatic carboxylic acids is 1. The number of aryl methyl sites for hydroxylation is 1.